The van der Waals surface area contributed by atoms with Crippen LogP contribution in [-0.2, 0) is 41.5 Å². The Bertz CT molecular complexity index is 1010. The molecular formula is C32H44SiZr. The van der Waals surface area contributed by atoms with E-state index in [0.717, 1.165) is 12.8 Å². The molecule has 2 aromatic rings. The zero-order valence-corrected chi connectivity index (χ0v) is 26.9. The fourth-order valence-corrected chi connectivity index (χ4v) is 5.15. The molecular weight excluding hydrogens is 504 g/mol. The molecule has 0 nitrogen and oxygen atoms in total. The van der Waals surface area contributed by atoms with Gasteiger partial charge in [-0.05, 0) is 25.5 Å². The molecule has 4 rings (SSSR count). The molecule has 0 spiro atoms. The summed E-state index contributed by atoms with van der Waals surface area (Å²) in [5, 5.41) is 1.56. The maximum Gasteiger partial charge on any atom is -0.0114 e. The second kappa shape index (κ2) is 11.3. The van der Waals surface area contributed by atoms with Gasteiger partial charge in [0.05, 0.1) is 0 Å². The van der Waals surface area contributed by atoms with E-state index in [1.807, 2.05) is 0 Å². The topological polar surface area (TPSA) is 0 Å². The van der Waals surface area contributed by atoms with Crippen LogP contribution in [0.25, 0.3) is 11.1 Å². The zero-order valence-electron chi connectivity index (χ0n) is 23.5. The van der Waals surface area contributed by atoms with Gasteiger partial charge in [0.15, 0.2) is 0 Å². The summed E-state index contributed by atoms with van der Waals surface area (Å²) in [6.07, 6.45) is 9.72. The summed E-state index contributed by atoms with van der Waals surface area (Å²) in [7, 11) is -0.981. The quantitative estimate of drug-likeness (QED) is 0.211. The van der Waals surface area contributed by atoms with Gasteiger partial charge in [-0.15, -0.1) is 12.0 Å². The molecule has 0 N–H and O–H groups in total. The van der Waals surface area contributed by atoms with Gasteiger partial charge in [-0.2, -0.15) is 35.4 Å². The fourth-order valence-electron chi connectivity index (χ4n) is 3.90. The molecule has 0 fully saturated rings. The van der Waals surface area contributed by atoms with Crippen LogP contribution in [0.15, 0.2) is 47.7 Å². The minimum Gasteiger partial charge on any atom is -0.273 e. The van der Waals surface area contributed by atoms with Gasteiger partial charge in [-0.3, -0.25) is 6.08 Å². The Hall–Kier alpha value is -1.11. The van der Waals surface area contributed by atoms with Crippen molar-refractivity contribution in [1.29, 1.82) is 0 Å². The summed E-state index contributed by atoms with van der Waals surface area (Å²) in [4.78, 5) is 0. The molecule has 0 unspecified atom stereocenters. The van der Waals surface area contributed by atoms with Gasteiger partial charge in [-0.1, -0.05) is 95.9 Å². The van der Waals surface area contributed by atoms with E-state index in [2.05, 4.69) is 130 Å². The van der Waals surface area contributed by atoms with Crippen molar-refractivity contribution >= 4 is 11.3 Å². The predicted octanol–water partition coefficient (Wildman–Crippen LogP) is 8.95. The smallest absolute Gasteiger partial charge is 0.0114 e. The van der Waals surface area contributed by atoms with Crippen LogP contribution in [-0.4, -0.2) is 11.3 Å². The Labute approximate surface area is 226 Å². The Morgan fingerprint density at radius 3 is 1.88 bits per heavy atom. The second-order valence-corrected chi connectivity index (χ2v) is 20.3. The van der Waals surface area contributed by atoms with Gasteiger partial charge in [-0.25, -0.2) is 11.3 Å². The summed E-state index contributed by atoms with van der Waals surface area (Å²) >= 11 is 1.55. The van der Waals surface area contributed by atoms with Crippen molar-refractivity contribution in [1.82, 2.24) is 0 Å². The third-order valence-electron chi connectivity index (χ3n) is 6.09. The van der Waals surface area contributed by atoms with Gasteiger partial charge in [0, 0.05) is 0 Å². The largest absolute Gasteiger partial charge is 0.273 e. The second-order valence-electron chi connectivity index (χ2n) is 12.8. The van der Waals surface area contributed by atoms with Crippen molar-refractivity contribution in [2.75, 3.05) is 0 Å². The van der Waals surface area contributed by atoms with Crippen LogP contribution in [0.2, 0.25) is 19.6 Å². The maximum atomic E-state index is 3.53. The van der Waals surface area contributed by atoms with Crippen molar-refractivity contribution < 1.29 is 24.2 Å². The fraction of sp³-hybridized carbons (Fsp3) is 0.469. The minimum absolute atomic E-state index is 0.177. The minimum atomic E-state index is -0.981. The van der Waals surface area contributed by atoms with E-state index in [9.17, 15) is 0 Å². The van der Waals surface area contributed by atoms with Crippen LogP contribution in [0, 0.1) is 12.1 Å². The molecule has 0 aromatic heterocycles. The van der Waals surface area contributed by atoms with Crippen molar-refractivity contribution in [2.24, 2.45) is 0 Å². The zero-order chi connectivity index (χ0) is 25.9. The first kappa shape index (κ1) is 29.1. The molecule has 0 atom stereocenters. The summed E-state index contributed by atoms with van der Waals surface area (Å²) < 4.78 is 1.51. The van der Waals surface area contributed by atoms with Gasteiger partial charge in [0.1, 0.15) is 0 Å². The summed E-state index contributed by atoms with van der Waals surface area (Å²) in [5.74, 6) is 0. The maximum absolute atomic E-state index is 3.53. The Kier molecular flexibility index (Phi) is 9.68. The standard InChI is InChI=1S/C21H25.C8H13Si.C3H6.Zr/c1-20(2,3)16-9-7-14-11-15-8-10-17(21(4,5)6)13-19(15)18(14)12-16;1-9(2,3)8-6-4-5-7-8;1-3-2;/h7,9-10,12-13H,11H2,1-6H3;6-7H,4H2,1-3H3;1-2H3;/q2*-1;;+2. The van der Waals surface area contributed by atoms with E-state index < -0.39 is 8.07 Å². The van der Waals surface area contributed by atoms with Crippen LogP contribution < -0.4 is 0 Å². The Balaban J connectivity index is 0.000000260. The number of hydrogen-bond donors (Lipinski definition) is 0. The molecule has 0 heterocycles. The van der Waals surface area contributed by atoms with E-state index in [0.29, 0.717) is 0 Å². The first-order valence-electron chi connectivity index (χ1n) is 12.5. The molecule has 2 aromatic carbocycles. The molecule has 0 bridgehead atoms. The van der Waals surface area contributed by atoms with Crippen LogP contribution in [0.5, 0.6) is 0 Å². The molecule has 0 saturated heterocycles. The van der Waals surface area contributed by atoms with Crippen LogP contribution in [0.3, 0.4) is 0 Å². The summed E-state index contributed by atoms with van der Waals surface area (Å²) in [6.45, 7) is 25.0. The van der Waals surface area contributed by atoms with Crippen LogP contribution in [0.4, 0.5) is 0 Å². The normalized spacial score (nSPS) is 14.3. The van der Waals surface area contributed by atoms with Crippen LogP contribution >= 0.6 is 0 Å². The number of hydrogen-bond acceptors (Lipinski definition) is 0. The Morgan fingerprint density at radius 1 is 0.882 bits per heavy atom. The van der Waals surface area contributed by atoms with Crippen molar-refractivity contribution in [3.8, 4) is 11.1 Å². The first-order valence-corrected chi connectivity index (χ1v) is 17.2. The van der Waals surface area contributed by atoms with Crippen molar-refractivity contribution in [3.63, 3.8) is 0 Å². The SMILES string of the molecule is CC(C)(C)c1c[c-]c2c(c1)-c1cc(C(C)(C)C)ccc1C2.C[C](C)=[Zr+2].C[Si](C)(C)C1=CC[C-]=C1. The third-order valence-corrected chi connectivity index (χ3v) is 8.17. The number of fused-ring (bicyclic) bond motifs is 3. The van der Waals surface area contributed by atoms with E-state index in [1.54, 1.807) is 29.4 Å². The average molecular weight is 548 g/mol. The number of rotatable bonds is 1. The average Bonchev–Trinajstić information content (AvgIpc) is 3.33. The Morgan fingerprint density at radius 2 is 1.44 bits per heavy atom. The molecule has 34 heavy (non-hydrogen) atoms. The van der Waals surface area contributed by atoms with Crippen molar-refractivity contribution in [2.45, 2.75) is 98.7 Å². The van der Waals surface area contributed by atoms with E-state index in [-0.39, 0.29) is 10.8 Å². The van der Waals surface area contributed by atoms with Crippen molar-refractivity contribution in [3.05, 3.63) is 82.1 Å². The summed E-state index contributed by atoms with van der Waals surface area (Å²) in [5.41, 5.74) is 8.76. The third kappa shape index (κ3) is 8.23. The van der Waals surface area contributed by atoms with E-state index in [1.165, 1.54) is 36.6 Å². The van der Waals surface area contributed by atoms with Crippen LogP contribution in [0.1, 0.15) is 84.1 Å². The molecule has 0 amide bonds. The van der Waals surface area contributed by atoms with Gasteiger partial charge >= 0.3 is 41.3 Å². The van der Waals surface area contributed by atoms with Gasteiger partial charge in [0.2, 0.25) is 0 Å². The molecule has 0 radical (unpaired) electrons. The monoisotopic (exact) mass is 546 g/mol. The summed E-state index contributed by atoms with van der Waals surface area (Å²) in [6, 6.07) is 15.1. The number of benzene rings is 2. The predicted molar refractivity (Wildman–Crippen MR) is 151 cm³/mol. The van der Waals surface area contributed by atoms with E-state index in [4.69, 9.17) is 0 Å². The molecule has 180 valence electrons. The first-order chi connectivity index (χ1) is 15.5. The molecule has 2 aliphatic rings. The van der Waals surface area contributed by atoms with E-state index >= 15 is 0 Å². The molecule has 2 heteroatoms. The van der Waals surface area contributed by atoms with Gasteiger partial charge < -0.3 is 0 Å². The molecule has 0 saturated carbocycles. The van der Waals surface area contributed by atoms with Gasteiger partial charge in [0.25, 0.3) is 0 Å². The molecule has 2 aliphatic carbocycles. The number of allylic oxidation sites excluding steroid dienone is 4. The molecule has 0 aliphatic heterocycles.